The minimum atomic E-state index is -2.99. The Morgan fingerprint density at radius 2 is 2.07 bits per heavy atom. The molecule has 2 aromatic rings. The second kappa shape index (κ2) is 9.33. The second-order valence-corrected chi connectivity index (χ2v) is 7.16. The standard InChI is InChI=1S/C18H22F2N4O3S/c1-3-24-17(23-6-8-26-9-7-23)21-22-18(24)28-11-14(25)13-10-12(2)4-5-15(13)27-16(19)20/h4-5,10,16H,3,6-9,11H2,1-2H3. The number of hydrogen-bond acceptors (Lipinski definition) is 7. The second-order valence-electron chi connectivity index (χ2n) is 6.22. The Morgan fingerprint density at radius 3 is 2.75 bits per heavy atom. The fourth-order valence-corrected chi connectivity index (χ4v) is 3.81. The maximum Gasteiger partial charge on any atom is 0.387 e. The lowest BCUT2D eigenvalue weighted by molar-refractivity contribution is -0.0501. The molecule has 0 saturated carbocycles. The van der Waals surface area contributed by atoms with Crippen molar-refractivity contribution in [1.29, 1.82) is 0 Å². The van der Waals surface area contributed by atoms with Crippen molar-refractivity contribution >= 4 is 23.5 Å². The number of thioether (sulfide) groups is 1. The summed E-state index contributed by atoms with van der Waals surface area (Å²) in [6, 6.07) is 4.58. The topological polar surface area (TPSA) is 69.5 Å². The molecule has 3 rings (SSSR count). The SMILES string of the molecule is CCn1c(SCC(=O)c2cc(C)ccc2OC(F)F)nnc1N1CCOCC1. The van der Waals surface area contributed by atoms with Crippen LogP contribution in [0.15, 0.2) is 23.4 Å². The quantitative estimate of drug-likeness (QED) is 0.488. The normalized spacial score (nSPS) is 14.5. The number of alkyl halides is 2. The van der Waals surface area contributed by atoms with Gasteiger partial charge >= 0.3 is 6.61 Å². The van der Waals surface area contributed by atoms with Crippen molar-refractivity contribution < 1.29 is 23.0 Å². The van der Waals surface area contributed by atoms with Crippen LogP contribution < -0.4 is 9.64 Å². The number of anilines is 1. The number of benzene rings is 1. The van der Waals surface area contributed by atoms with E-state index in [2.05, 4.69) is 19.8 Å². The first-order valence-corrected chi connectivity index (χ1v) is 9.95. The molecule has 7 nitrogen and oxygen atoms in total. The molecule has 2 heterocycles. The maximum atomic E-state index is 12.7. The summed E-state index contributed by atoms with van der Waals surface area (Å²) in [5.74, 6) is 0.378. The molecule has 1 aromatic heterocycles. The molecular weight excluding hydrogens is 390 g/mol. The number of carbonyl (C=O) groups is 1. The minimum absolute atomic E-state index is 0.0459. The van der Waals surface area contributed by atoms with E-state index >= 15 is 0 Å². The van der Waals surface area contributed by atoms with E-state index in [4.69, 9.17) is 4.74 Å². The zero-order chi connectivity index (χ0) is 20.1. The first kappa shape index (κ1) is 20.5. The number of rotatable bonds is 8. The van der Waals surface area contributed by atoms with Gasteiger partial charge in [-0.3, -0.25) is 9.36 Å². The van der Waals surface area contributed by atoms with Gasteiger partial charge in [0.15, 0.2) is 10.9 Å². The lowest BCUT2D eigenvalue weighted by Crippen LogP contribution is -2.38. The maximum absolute atomic E-state index is 12.7. The van der Waals surface area contributed by atoms with Crippen LogP contribution in [-0.4, -0.2) is 59.2 Å². The molecule has 0 aliphatic carbocycles. The van der Waals surface area contributed by atoms with E-state index in [0.717, 1.165) is 24.6 Å². The fraction of sp³-hybridized carbons (Fsp3) is 0.500. The Kier molecular flexibility index (Phi) is 6.84. The average molecular weight is 412 g/mol. The van der Waals surface area contributed by atoms with Gasteiger partial charge in [-0.15, -0.1) is 10.2 Å². The summed E-state index contributed by atoms with van der Waals surface area (Å²) in [7, 11) is 0. The molecule has 1 fully saturated rings. The molecule has 0 bridgehead atoms. The number of aromatic nitrogens is 3. The van der Waals surface area contributed by atoms with Crippen molar-refractivity contribution in [2.75, 3.05) is 37.0 Å². The minimum Gasteiger partial charge on any atom is -0.434 e. The van der Waals surface area contributed by atoms with E-state index in [9.17, 15) is 13.6 Å². The van der Waals surface area contributed by atoms with Gasteiger partial charge in [0.25, 0.3) is 0 Å². The highest BCUT2D eigenvalue weighted by Crippen LogP contribution is 2.27. The molecule has 0 N–H and O–H groups in total. The third kappa shape index (κ3) is 4.79. The number of hydrogen-bond donors (Lipinski definition) is 0. The Labute approximate surface area is 166 Å². The van der Waals surface area contributed by atoms with Crippen LogP contribution in [0.5, 0.6) is 5.75 Å². The molecule has 10 heteroatoms. The summed E-state index contributed by atoms with van der Waals surface area (Å²) in [4.78, 5) is 14.7. The van der Waals surface area contributed by atoms with Gasteiger partial charge in [0.05, 0.1) is 24.5 Å². The number of ether oxygens (including phenoxy) is 2. The van der Waals surface area contributed by atoms with E-state index in [-0.39, 0.29) is 22.8 Å². The average Bonchev–Trinajstić information content (AvgIpc) is 3.10. The lowest BCUT2D eigenvalue weighted by Gasteiger charge is -2.27. The Bertz CT molecular complexity index is 825. The number of ketones is 1. The number of carbonyl (C=O) groups excluding carboxylic acids is 1. The van der Waals surface area contributed by atoms with Gasteiger partial charge in [-0.2, -0.15) is 8.78 Å². The summed E-state index contributed by atoms with van der Waals surface area (Å²) in [6.45, 7) is 4.18. The number of Topliss-reactive ketones (excluding diaryl/α,β-unsaturated/α-hetero) is 1. The van der Waals surface area contributed by atoms with Gasteiger partial charge in [0.1, 0.15) is 5.75 Å². The molecule has 1 aliphatic rings. The predicted molar refractivity (Wildman–Crippen MR) is 102 cm³/mol. The van der Waals surface area contributed by atoms with Crippen LogP contribution in [0.2, 0.25) is 0 Å². The molecule has 28 heavy (non-hydrogen) atoms. The van der Waals surface area contributed by atoms with Crippen LogP contribution in [0.25, 0.3) is 0 Å². The van der Waals surface area contributed by atoms with Crippen molar-refractivity contribution in [2.24, 2.45) is 0 Å². The molecule has 0 unspecified atom stereocenters. The van der Waals surface area contributed by atoms with Crippen LogP contribution in [0.4, 0.5) is 14.7 Å². The Morgan fingerprint density at radius 1 is 1.32 bits per heavy atom. The molecule has 1 aliphatic heterocycles. The van der Waals surface area contributed by atoms with Crippen LogP contribution in [0, 0.1) is 6.92 Å². The zero-order valence-electron chi connectivity index (χ0n) is 15.7. The smallest absolute Gasteiger partial charge is 0.387 e. The van der Waals surface area contributed by atoms with Crippen LogP contribution in [0.1, 0.15) is 22.8 Å². The first-order valence-electron chi connectivity index (χ1n) is 8.97. The van der Waals surface area contributed by atoms with E-state index < -0.39 is 6.61 Å². The van der Waals surface area contributed by atoms with Gasteiger partial charge in [-0.05, 0) is 26.0 Å². The largest absolute Gasteiger partial charge is 0.434 e. The van der Waals surface area contributed by atoms with E-state index in [0.29, 0.717) is 24.9 Å². The predicted octanol–water partition coefficient (Wildman–Crippen LogP) is 3.02. The van der Waals surface area contributed by atoms with Crippen molar-refractivity contribution in [3.63, 3.8) is 0 Å². The zero-order valence-corrected chi connectivity index (χ0v) is 16.5. The third-order valence-corrected chi connectivity index (χ3v) is 5.26. The lowest BCUT2D eigenvalue weighted by atomic mass is 10.1. The van der Waals surface area contributed by atoms with Crippen molar-refractivity contribution in [2.45, 2.75) is 32.2 Å². The Balaban J connectivity index is 1.73. The monoisotopic (exact) mass is 412 g/mol. The summed E-state index contributed by atoms with van der Waals surface area (Å²) >= 11 is 1.23. The van der Waals surface area contributed by atoms with Crippen molar-refractivity contribution in [1.82, 2.24) is 14.8 Å². The first-order chi connectivity index (χ1) is 13.5. The molecule has 0 spiro atoms. The Hall–Kier alpha value is -2.20. The summed E-state index contributed by atoms with van der Waals surface area (Å²) in [5, 5.41) is 9.08. The number of nitrogens with zero attached hydrogens (tertiary/aromatic N) is 4. The van der Waals surface area contributed by atoms with E-state index in [1.54, 1.807) is 19.1 Å². The summed E-state index contributed by atoms with van der Waals surface area (Å²) in [5.41, 5.74) is 0.935. The van der Waals surface area contributed by atoms with Gasteiger partial charge in [-0.1, -0.05) is 23.4 Å². The van der Waals surface area contributed by atoms with Crippen LogP contribution in [0.3, 0.4) is 0 Å². The molecule has 0 atom stereocenters. The van der Waals surface area contributed by atoms with Gasteiger partial charge in [0.2, 0.25) is 5.95 Å². The molecule has 0 amide bonds. The highest BCUT2D eigenvalue weighted by atomic mass is 32.2. The van der Waals surface area contributed by atoms with Crippen LogP contribution in [-0.2, 0) is 11.3 Å². The number of morpholine rings is 1. The highest BCUT2D eigenvalue weighted by molar-refractivity contribution is 7.99. The van der Waals surface area contributed by atoms with Gasteiger partial charge < -0.3 is 14.4 Å². The van der Waals surface area contributed by atoms with Crippen molar-refractivity contribution in [3.05, 3.63) is 29.3 Å². The molecule has 1 saturated heterocycles. The molecule has 1 aromatic carbocycles. The van der Waals surface area contributed by atoms with Gasteiger partial charge in [0, 0.05) is 19.6 Å². The summed E-state index contributed by atoms with van der Waals surface area (Å²) in [6.07, 6.45) is 0. The number of aryl methyl sites for hydroxylation is 1. The molecule has 0 radical (unpaired) electrons. The molecule has 152 valence electrons. The van der Waals surface area contributed by atoms with E-state index in [1.165, 1.54) is 17.8 Å². The van der Waals surface area contributed by atoms with Gasteiger partial charge in [-0.25, -0.2) is 0 Å². The van der Waals surface area contributed by atoms with Crippen molar-refractivity contribution in [3.8, 4) is 5.75 Å². The number of halogens is 2. The van der Waals surface area contributed by atoms with E-state index in [1.807, 2.05) is 11.5 Å². The summed E-state index contributed by atoms with van der Waals surface area (Å²) < 4.78 is 37.0. The molecular formula is C18H22F2N4O3S. The third-order valence-electron chi connectivity index (χ3n) is 4.29. The fourth-order valence-electron chi connectivity index (χ4n) is 2.93. The van der Waals surface area contributed by atoms with Crippen LogP contribution >= 0.6 is 11.8 Å². The highest BCUT2D eigenvalue weighted by Gasteiger charge is 2.22.